The molecule has 32 heavy (non-hydrogen) atoms. The van der Waals surface area contributed by atoms with Gasteiger partial charge >= 0.3 is 0 Å². The van der Waals surface area contributed by atoms with Gasteiger partial charge in [-0.1, -0.05) is 36.8 Å². The van der Waals surface area contributed by atoms with E-state index in [4.69, 9.17) is 0 Å². The van der Waals surface area contributed by atoms with Crippen LogP contribution in [0.15, 0.2) is 42.5 Å². The van der Waals surface area contributed by atoms with Crippen LogP contribution < -0.4 is 0 Å². The molecule has 1 unspecified atom stereocenters. The second-order valence-corrected chi connectivity index (χ2v) is 9.16. The number of fused-ring (bicyclic) bond motifs is 4. The maximum Gasteiger partial charge on any atom is 0.253 e. The van der Waals surface area contributed by atoms with Gasteiger partial charge in [-0.2, -0.15) is 0 Å². The minimum atomic E-state index is -0.00291. The van der Waals surface area contributed by atoms with Gasteiger partial charge in [0.05, 0.1) is 0 Å². The SMILES string of the molecule is O=C1c2ccccc2-c2ccc(C(=O)N3CCCC(c4nnc5n4CCCCC5)C3)cc21. The van der Waals surface area contributed by atoms with Crippen molar-refractivity contribution in [2.45, 2.75) is 51.0 Å². The van der Waals surface area contributed by atoms with Crippen LogP contribution >= 0.6 is 0 Å². The smallest absolute Gasteiger partial charge is 0.253 e. The number of aromatic nitrogens is 3. The minimum Gasteiger partial charge on any atom is -0.338 e. The van der Waals surface area contributed by atoms with E-state index in [0.717, 1.165) is 60.7 Å². The van der Waals surface area contributed by atoms with Crippen molar-refractivity contribution in [3.8, 4) is 11.1 Å². The maximum absolute atomic E-state index is 13.4. The summed E-state index contributed by atoms with van der Waals surface area (Å²) in [4.78, 5) is 28.2. The lowest BCUT2D eigenvalue weighted by Crippen LogP contribution is -2.39. The highest BCUT2D eigenvalue weighted by atomic mass is 16.2. The average molecular weight is 427 g/mol. The molecule has 3 aromatic rings. The predicted molar refractivity (Wildman–Crippen MR) is 121 cm³/mol. The van der Waals surface area contributed by atoms with Crippen molar-refractivity contribution >= 4 is 11.7 Å². The van der Waals surface area contributed by atoms with E-state index < -0.39 is 0 Å². The highest BCUT2D eigenvalue weighted by Gasteiger charge is 2.32. The Bertz CT molecular complexity index is 1230. The average Bonchev–Trinajstić information content (AvgIpc) is 3.27. The van der Waals surface area contributed by atoms with Crippen molar-refractivity contribution in [3.63, 3.8) is 0 Å². The van der Waals surface area contributed by atoms with E-state index in [1.54, 1.807) is 6.07 Å². The summed E-state index contributed by atoms with van der Waals surface area (Å²) in [6.07, 6.45) is 6.55. The van der Waals surface area contributed by atoms with Gasteiger partial charge in [-0.25, -0.2) is 0 Å². The number of ketones is 1. The fourth-order valence-electron chi connectivity index (χ4n) is 5.53. The number of benzene rings is 2. The summed E-state index contributed by atoms with van der Waals surface area (Å²) in [5.74, 6) is 2.36. The zero-order chi connectivity index (χ0) is 21.7. The summed E-state index contributed by atoms with van der Waals surface area (Å²) in [7, 11) is 0. The van der Waals surface area contributed by atoms with E-state index in [1.807, 2.05) is 41.3 Å². The molecule has 3 heterocycles. The monoisotopic (exact) mass is 426 g/mol. The number of amides is 1. The topological polar surface area (TPSA) is 68.1 Å². The number of hydrogen-bond donors (Lipinski definition) is 0. The molecule has 1 amide bonds. The molecule has 0 radical (unpaired) electrons. The lowest BCUT2D eigenvalue weighted by molar-refractivity contribution is 0.0703. The number of piperidine rings is 1. The molecular formula is C26H26N4O2. The predicted octanol–water partition coefficient (Wildman–Crippen LogP) is 4.24. The third-order valence-corrected chi connectivity index (χ3v) is 7.18. The Morgan fingerprint density at radius 2 is 1.72 bits per heavy atom. The molecule has 0 N–H and O–H groups in total. The van der Waals surface area contributed by atoms with Gasteiger partial charge in [0, 0.05) is 48.7 Å². The fourth-order valence-corrected chi connectivity index (χ4v) is 5.53. The lowest BCUT2D eigenvalue weighted by atomic mass is 9.95. The molecule has 6 heteroatoms. The van der Waals surface area contributed by atoms with Crippen molar-refractivity contribution in [1.82, 2.24) is 19.7 Å². The zero-order valence-electron chi connectivity index (χ0n) is 18.1. The molecule has 1 aromatic heterocycles. The summed E-state index contributed by atoms with van der Waals surface area (Å²) in [5, 5.41) is 9.00. The second-order valence-electron chi connectivity index (χ2n) is 9.16. The first-order chi connectivity index (χ1) is 15.7. The Hall–Kier alpha value is -3.28. The largest absolute Gasteiger partial charge is 0.338 e. The molecule has 6 rings (SSSR count). The standard InChI is InChI=1S/C26H26N4O2/c31-24-21-9-4-3-8-19(21)20-12-11-17(15-22(20)24)26(32)29-13-6-7-18(16-29)25-28-27-23-10-2-1-5-14-30(23)25/h3-4,8-9,11-12,15,18H,1-2,5-7,10,13-14,16H2. The van der Waals surface area contributed by atoms with Gasteiger partial charge in [0.15, 0.2) is 5.78 Å². The Kier molecular flexibility index (Phi) is 4.67. The summed E-state index contributed by atoms with van der Waals surface area (Å²) in [6, 6.07) is 13.2. The Morgan fingerprint density at radius 3 is 2.62 bits per heavy atom. The maximum atomic E-state index is 13.4. The molecule has 3 aliphatic rings. The van der Waals surface area contributed by atoms with E-state index in [-0.39, 0.29) is 17.6 Å². The molecule has 6 nitrogen and oxygen atoms in total. The van der Waals surface area contributed by atoms with Crippen LogP contribution in [0.2, 0.25) is 0 Å². The Balaban J connectivity index is 1.25. The summed E-state index contributed by atoms with van der Waals surface area (Å²) >= 11 is 0. The Labute approximate surface area is 187 Å². The number of carbonyl (C=O) groups is 2. The van der Waals surface area contributed by atoms with E-state index >= 15 is 0 Å². The highest BCUT2D eigenvalue weighted by molar-refractivity contribution is 6.22. The second kappa shape index (κ2) is 7.69. The van der Waals surface area contributed by atoms with Crippen LogP contribution in [0, 0.1) is 0 Å². The molecule has 2 aliphatic heterocycles. The van der Waals surface area contributed by atoms with E-state index in [2.05, 4.69) is 14.8 Å². The van der Waals surface area contributed by atoms with Crippen molar-refractivity contribution < 1.29 is 9.59 Å². The van der Waals surface area contributed by atoms with Gasteiger partial charge in [-0.3, -0.25) is 9.59 Å². The first kappa shape index (κ1) is 19.4. The number of aryl methyl sites for hydroxylation is 1. The van der Waals surface area contributed by atoms with E-state index in [0.29, 0.717) is 17.7 Å². The minimum absolute atomic E-state index is 0.00291. The quantitative estimate of drug-likeness (QED) is 0.481. The molecular weight excluding hydrogens is 400 g/mol. The van der Waals surface area contributed by atoms with Crippen molar-refractivity contribution in [3.05, 3.63) is 70.8 Å². The van der Waals surface area contributed by atoms with Crippen molar-refractivity contribution in [2.75, 3.05) is 13.1 Å². The van der Waals surface area contributed by atoms with Crippen LogP contribution in [0.3, 0.4) is 0 Å². The summed E-state index contributed by atoms with van der Waals surface area (Å²) in [5.41, 5.74) is 3.82. The third kappa shape index (κ3) is 3.08. The van der Waals surface area contributed by atoms with Crippen LogP contribution in [0.5, 0.6) is 0 Å². The number of nitrogens with zero attached hydrogens (tertiary/aromatic N) is 4. The van der Waals surface area contributed by atoms with Gasteiger partial charge < -0.3 is 9.47 Å². The van der Waals surface area contributed by atoms with Crippen LogP contribution in [0.25, 0.3) is 11.1 Å². The molecule has 0 bridgehead atoms. The normalized spacial score (nSPS) is 19.8. The van der Waals surface area contributed by atoms with E-state index in [1.165, 1.54) is 19.3 Å². The van der Waals surface area contributed by atoms with Gasteiger partial charge in [-0.15, -0.1) is 10.2 Å². The van der Waals surface area contributed by atoms with E-state index in [9.17, 15) is 9.59 Å². The van der Waals surface area contributed by atoms with Crippen molar-refractivity contribution in [2.24, 2.45) is 0 Å². The Morgan fingerprint density at radius 1 is 0.875 bits per heavy atom. The lowest BCUT2D eigenvalue weighted by Gasteiger charge is -2.32. The molecule has 1 atom stereocenters. The molecule has 1 fully saturated rings. The van der Waals surface area contributed by atoms with Gasteiger partial charge in [0.25, 0.3) is 5.91 Å². The van der Waals surface area contributed by atoms with Crippen LogP contribution in [-0.2, 0) is 13.0 Å². The van der Waals surface area contributed by atoms with Gasteiger partial charge in [0.1, 0.15) is 11.6 Å². The zero-order valence-corrected chi connectivity index (χ0v) is 18.1. The first-order valence-corrected chi connectivity index (χ1v) is 11.7. The number of rotatable bonds is 2. The first-order valence-electron chi connectivity index (χ1n) is 11.7. The van der Waals surface area contributed by atoms with Gasteiger partial charge in [0.2, 0.25) is 0 Å². The molecule has 2 aromatic carbocycles. The number of carbonyl (C=O) groups excluding carboxylic acids is 2. The molecule has 0 saturated carbocycles. The molecule has 1 saturated heterocycles. The molecule has 1 aliphatic carbocycles. The molecule has 162 valence electrons. The van der Waals surface area contributed by atoms with Crippen LogP contribution in [-0.4, -0.2) is 44.4 Å². The highest BCUT2D eigenvalue weighted by Crippen LogP contribution is 2.37. The summed E-state index contributed by atoms with van der Waals surface area (Å²) in [6.45, 7) is 2.37. The molecule has 0 spiro atoms. The summed E-state index contributed by atoms with van der Waals surface area (Å²) < 4.78 is 2.30. The van der Waals surface area contributed by atoms with Crippen molar-refractivity contribution in [1.29, 1.82) is 0 Å². The third-order valence-electron chi connectivity index (χ3n) is 7.18. The van der Waals surface area contributed by atoms with Crippen LogP contribution in [0.1, 0.15) is 76.0 Å². The fraction of sp³-hybridized carbons (Fsp3) is 0.385. The number of likely N-dealkylation sites (tertiary alicyclic amines) is 1. The van der Waals surface area contributed by atoms with Gasteiger partial charge in [-0.05, 0) is 48.9 Å². The number of hydrogen-bond acceptors (Lipinski definition) is 4. The van der Waals surface area contributed by atoms with Crippen LogP contribution in [0.4, 0.5) is 0 Å².